The van der Waals surface area contributed by atoms with Crippen molar-refractivity contribution in [1.82, 2.24) is 19.6 Å². The largest absolute Gasteiger partial charge is 0.494 e. The van der Waals surface area contributed by atoms with Crippen LogP contribution in [0.2, 0.25) is 0 Å². The molecule has 0 aliphatic carbocycles. The van der Waals surface area contributed by atoms with Crippen LogP contribution in [0.15, 0.2) is 36.7 Å². The summed E-state index contributed by atoms with van der Waals surface area (Å²) in [5.41, 5.74) is 2.46. The van der Waals surface area contributed by atoms with Crippen molar-refractivity contribution < 1.29 is 9.84 Å². The average Bonchev–Trinajstić information content (AvgIpc) is 3.04. The van der Waals surface area contributed by atoms with Gasteiger partial charge in [-0.1, -0.05) is 18.2 Å². The summed E-state index contributed by atoms with van der Waals surface area (Å²) < 4.78 is 7.63. The zero-order valence-electron chi connectivity index (χ0n) is 15.8. The van der Waals surface area contributed by atoms with E-state index in [4.69, 9.17) is 4.74 Å². The van der Waals surface area contributed by atoms with Gasteiger partial charge in [0.1, 0.15) is 5.75 Å². The van der Waals surface area contributed by atoms with Crippen LogP contribution < -0.4 is 4.74 Å². The fourth-order valence-electron chi connectivity index (χ4n) is 3.69. The molecular weight excluding hydrogens is 328 g/mol. The minimum atomic E-state index is 0.217. The Labute approximate surface area is 156 Å². The minimum absolute atomic E-state index is 0.217. The number of aromatic nitrogens is 2. The highest BCUT2D eigenvalue weighted by Gasteiger charge is 2.27. The molecule has 1 atom stereocenters. The van der Waals surface area contributed by atoms with Crippen LogP contribution in [-0.4, -0.2) is 63.6 Å². The molecule has 0 spiro atoms. The zero-order valence-corrected chi connectivity index (χ0v) is 15.8. The van der Waals surface area contributed by atoms with Crippen LogP contribution in [0.25, 0.3) is 0 Å². The van der Waals surface area contributed by atoms with Crippen molar-refractivity contribution in [3.05, 3.63) is 47.8 Å². The van der Waals surface area contributed by atoms with Crippen molar-refractivity contribution in [2.75, 3.05) is 32.8 Å². The van der Waals surface area contributed by atoms with E-state index < -0.39 is 0 Å². The summed E-state index contributed by atoms with van der Waals surface area (Å²) in [7, 11) is 1.95. The first kappa shape index (κ1) is 18.9. The number of hydrogen-bond acceptors (Lipinski definition) is 5. The van der Waals surface area contributed by atoms with Crippen LogP contribution in [0.5, 0.6) is 5.75 Å². The van der Waals surface area contributed by atoms with E-state index in [-0.39, 0.29) is 6.61 Å². The van der Waals surface area contributed by atoms with Gasteiger partial charge in [0.2, 0.25) is 0 Å². The van der Waals surface area contributed by atoms with E-state index in [1.165, 1.54) is 11.1 Å². The van der Waals surface area contributed by atoms with Crippen molar-refractivity contribution in [1.29, 1.82) is 0 Å². The molecule has 1 aromatic heterocycles. The molecule has 6 nitrogen and oxygen atoms in total. The summed E-state index contributed by atoms with van der Waals surface area (Å²) in [6.45, 7) is 7.67. The molecule has 0 radical (unpaired) electrons. The Morgan fingerprint density at radius 1 is 1.23 bits per heavy atom. The molecule has 2 heterocycles. The number of aliphatic hydroxyl groups excluding tert-OH is 1. The van der Waals surface area contributed by atoms with E-state index in [1.54, 1.807) is 0 Å². The zero-order chi connectivity index (χ0) is 18.4. The van der Waals surface area contributed by atoms with Gasteiger partial charge in [-0.3, -0.25) is 14.5 Å². The Morgan fingerprint density at radius 2 is 2.08 bits per heavy atom. The lowest BCUT2D eigenvalue weighted by molar-refractivity contribution is 0.0494. The van der Waals surface area contributed by atoms with Gasteiger partial charge >= 0.3 is 0 Å². The number of aliphatic hydroxyl groups is 1. The van der Waals surface area contributed by atoms with Gasteiger partial charge in [0.05, 0.1) is 12.8 Å². The highest BCUT2D eigenvalue weighted by molar-refractivity contribution is 5.33. The lowest BCUT2D eigenvalue weighted by atomic mass is 10.1. The Balaban J connectivity index is 1.65. The molecule has 1 fully saturated rings. The second kappa shape index (κ2) is 9.16. The number of piperazine rings is 1. The first-order chi connectivity index (χ1) is 12.7. The molecule has 142 valence electrons. The molecule has 1 aromatic carbocycles. The third-order valence-electron chi connectivity index (χ3n) is 4.96. The first-order valence-electron chi connectivity index (χ1n) is 9.45. The molecule has 0 bridgehead atoms. The number of benzene rings is 1. The number of para-hydroxylation sites is 1. The fraction of sp³-hybridized carbons (Fsp3) is 0.550. The van der Waals surface area contributed by atoms with Crippen LogP contribution in [0, 0.1) is 0 Å². The number of nitrogens with zero attached hydrogens (tertiary/aromatic N) is 4. The molecule has 1 N–H and O–H groups in total. The van der Waals surface area contributed by atoms with Crippen molar-refractivity contribution >= 4 is 0 Å². The van der Waals surface area contributed by atoms with Crippen LogP contribution in [0.3, 0.4) is 0 Å². The average molecular weight is 358 g/mol. The predicted octanol–water partition coefficient (Wildman–Crippen LogP) is 1.89. The highest BCUT2D eigenvalue weighted by Crippen LogP contribution is 2.23. The number of ether oxygens (including phenoxy) is 1. The van der Waals surface area contributed by atoms with Gasteiger partial charge in [0, 0.05) is 69.7 Å². The van der Waals surface area contributed by atoms with Gasteiger partial charge in [-0.25, -0.2) is 0 Å². The third-order valence-corrected chi connectivity index (χ3v) is 4.96. The molecule has 3 rings (SSSR count). The Bertz CT molecular complexity index is 688. The molecular formula is C20H30N4O2. The molecule has 1 saturated heterocycles. The van der Waals surface area contributed by atoms with Gasteiger partial charge in [0.15, 0.2) is 0 Å². The number of aryl methyl sites for hydroxylation is 1. The Hall–Kier alpha value is -1.89. The molecule has 1 aliphatic rings. The second-order valence-electron chi connectivity index (χ2n) is 6.93. The van der Waals surface area contributed by atoms with E-state index in [2.05, 4.69) is 33.2 Å². The Morgan fingerprint density at radius 3 is 2.81 bits per heavy atom. The molecule has 0 saturated carbocycles. The van der Waals surface area contributed by atoms with Crippen LogP contribution in [-0.2, 0) is 20.1 Å². The lowest BCUT2D eigenvalue weighted by Crippen LogP contribution is -2.52. The van der Waals surface area contributed by atoms with Crippen LogP contribution in [0.1, 0.15) is 24.5 Å². The van der Waals surface area contributed by atoms with E-state index in [9.17, 15) is 5.11 Å². The Kier molecular flexibility index (Phi) is 6.66. The van der Waals surface area contributed by atoms with Gasteiger partial charge in [-0.15, -0.1) is 0 Å². The number of rotatable bonds is 8. The lowest BCUT2D eigenvalue weighted by Gasteiger charge is -2.41. The quantitative estimate of drug-likeness (QED) is 0.781. The van der Waals surface area contributed by atoms with Gasteiger partial charge in [-0.2, -0.15) is 5.10 Å². The smallest absolute Gasteiger partial charge is 0.123 e. The SMILES string of the molecule is CCOc1ccccc1CN1CCN(Cc2cnn(C)c2)C[C@@H]1CCO. The molecule has 1 aliphatic heterocycles. The van der Waals surface area contributed by atoms with Crippen molar-refractivity contribution in [2.45, 2.75) is 32.5 Å². The second-order valence-corrected chi connectivity index (χ2v) is 6.93. The van der Waals surface area contributed by atoms with Crippen molar-refractivity contribution in [3.63, 3.8) is 0 Å². The normalized spacial score (nSPS) is 19.0. The van der Waals surface area contributed by atoms with E-state index in [0.717, 1.165) is 44.9 Å². The van der Waals surface area contributed by atoms with E-state index in [1.807, 2.05) is 37.0 Å². The molecule has 26 heavy (non-hydrogen) atoms. The standard InChI is InChI=1S/C20H30N4O2/c1-3-26-20-7-5-4-6-18(20)15-24-10-9-23(16-19(24)8-11-25)14-17-12-21-22(2)13-17/h4-7,12-13,19,25H,3,8-11,14-16H2,1-2H3/t19-/m0/s1. The summed E-state index contributed by atoms with van der Waals surface area (Å²) in [4.78, 5) is 4.94. The molecule has 6 heteroatoms. The molecule has 2 aromatic rings. The third kappa shape index (κ3) is 4.84. The van der Waals surface area contributed by atoms with E-state index in [0.29, 0.717) is 12.6 Å². The summed E-state index contributed by atoms with van der Waals surface area (Å²) in [6, 6.07) is 8.62. The summed E-state index contributed by atoms with van der Waals surface area (Å²) in [5.74, 6) is 0.968. The van der Waals surface area contributed by atoms with Crippen molar-refractivity contribution in [2.24, 2.45) is 7.05 Å². The predicted molar refractivity (Wildman–Crippen MR) is 102 cm³/mol. The maximum Gasteiger partial charge on any atom is 0.123 e. The monoisotopic (exact) mass is 358 g/mol. The topological polar surface area (TPSA) is 53.8 Å². The summed E-state index contributed by atoms with van der Waals surface area (Å²) >= 11 is 0. The van der Waals surface area contributed by atoms with Crippen molar-refractivity contribution in [3.8, 4) is 5.75 Å². The van der Waals surface area contributed by atoms with Gasteiger partial charge in [0.25, 0.3) is 0 Å². The van der Waals surface area contributed by atoms with Crippen LogP contribution >= 0.6 is 0 Å². The summed E-state index contributed by atoms with van der Waals surface area (Å²) in [5, 5.41) is 13.8. The fourth-order valence-corrected chi connectivity index (χ4v) is 3.69. The van der Waals surface area contributed by atoms with Gasteiger partial charge in [-0.05, 0) is 19.4 Å². The number of hydrogen-bond donors (Lipinski definition) is 1. The molecule has 0 amide bonds. The maximum atomic E-state index is 9.54. The highest BCUT2D eigenvalue weighted by atomic mass is 16.5. The van der Waals surface area contributed by atoms with Gasteiger partial charge < -0.3 is 9.84 Å². The molecule has 0 unspecified atom stereocenters. The maximum absolute atomic E-state index is 9.54. The minimum Gasteiger partial charge on any atom is -0.494 e. The van der Waals surface area contributed by atoms with Crippen LogP contribution in [0.4, 0.5) is 0 Å². The first-order valence-corrected chi connectivity index (χ1v) is 9.45. The summed E-state index contributed by atoms with van der Waals surface area (Å²) in [6.07, 6.45) is 4.80. The van der Waals surface area contributed by atoms with E-state index >= 15 is 0 Å².